The number of carbonyl (C=O) groups excluding carboxylic acids is 1. The van der Waals surface area contributed by atoms with Crippen LogP contribution in [0.15, 0.2) is 65.7 Å². The van der Waals surface area contributed by atoms with Crippen molar-refractivity contribution in [3.05, 3.63) is 82.7 Å². The minimum Gasteiger partial charge on any atom is -0.356 e. The summed E-state index contributed by atoms with van der Waals surface area (Å²) in [5.41, 5.74) is 2.57. The van der Waals surface area contributed by atoms with Gasteiger partial charge in [-0.1, -0.05) is 6.07 Å². The number of nitrogens with one attached hydrogen (secondary N) is 1. The fourth-order valence-electron chi connectivity index (χ4n) is 3.15. The number of anilines is 1. The Kier molecular flexibility index (Phi) is 5.89. The third kappa shape index (κ3) is 4.46. The summed E-state index contributed by atoms with van der Waals surface area (Å²) < 4.78 is 14.8. The fourth-order valence-corrected chi connectivity index (χ4v) is 3.15. The molecule has 0 radical (unpaired) electrons. The first kappa shape index (κ1) is 21.1. The van der Waals surface area contributed by atoms with Crippen molar-refractivity contribution in [2.45, 2.75) is 6.54 Å². The Balaban J connectivity index is 1.83. The van der Waals surface area contributed by atoms with Crippen molar-refractivity contribution in [2.75, 3.05) is 26.0 Å². The monoisotopic (exact) mass is 432 g/mol. The molecular weight excluding hydrogens is 411 g/mol. The van der Waals surface area contributed by atoms with Crippen LogP contribution >= 0.6 is 0 Å². The SMILES string of the molecule is CN(C)C(=O)CNc1nc2ccc(-c3ccc(F)cc3)nc2n(Cc2cccnc2)c1=O. The Morgan fingerprint density at radius 2 is 1.88 bits per heavy atom. The zero-order valence-corrected chi connectivity index (χ0v) is 17.6. The Hall–Kier alpha value is -4.14. The summed E-state index contributed by atoms with van der Waals surface area (Å²) in [5.74, 6) is -0.463. The molecule has 0 spiro atoms. The highest BCUT2D eigenvalue weighted by molar-refractivity contribution is 5.81. The van der Waals surface area contributed by atoms with E-state index >= 15 is 0 Å². The zero-order valence-electron chi connectivity index (χ0n) is 17.6. The normalized spacial score (nSPS) is 10.8. The van der Waals surface area contributed by atoms with E-state index in [9.17, 15) is 14.0 Å². The van der Waals surface area contributed by atoms with Crippen molar-refractivity contribution in [3.8, 4) is 11.3 Å². The second-order valence-corrected chi connectivity index (χ2v) is 7.40. The highest BCUT2D eigenvalue weighted by Gasteiger charge is 2.15. The molecule has 3 aromatic heterocycles. The second-order valence-electron chi connectivity index (χ2n) is 7.40. The van der Waals surface area contributed by atoms with E-state index in [0.717, 1.165) is 5.56 Å². The molecule has 4 aromatic rings. The molecule has 8 nitrogen and oxygen atoms in total. The van der Waals surface area contributed by atoms with Crippen LogP contribution in [0.4, 0.5) is 10.2 Å². The van der Waals surface area contributed by atoms with Gasteiger partial charge in [0.05, 0.1) is 18.8 Å². The molecule has 0 bridgehead atoms. The summed E-state index contributed by atoms with van der Waals surface area (Å²) in [7, 11) is 3.28. The van der Waals surface area contributed by atoms with Gasteiger partial charge in [-0.3, -0.25) is 19.1 Å². The summed E-state index contributed by atoms with van der Waals surface area (Å²) in [5, 5.41) is 2.84. The quantitative estimate of drug-likeness (QED) is 0.503. The van der Waals surface area contributed by atoms with Gasteiger partial charge in [0.2, 0.25) is 5.91 Å². The first-order valence-electron chi connectivity index (χ1n) is 9.93. The minimum absolute atomic E-state index is 0.0608. The maximum absolute atomic E-state index is 13.3. The number of nitrogens with zero attached hydrogens (tertiary/aromatic N) is 5. The molecule has 9 heteroatoms. The lowest BCUT2D eigenvalue weighted by atomic mass is 10.1. The average molecular weight is 432 g/mol. The van der Waals surface area contributed by atoms with Gasteiger partial charge >= 0.3 is 0 Å². The zero-order chi connectivity index (χ0) is 22.7. The number of benzene rings is 1. The third-order valence-corrected chi connectivity index (χ3v) is 4.90. The van der Waals surface area contributed by atoms with Gasteiger partial charge in [-0.2, -0.15) is 0 Å². The second kappa shape index (κ2) is 8.93. The van der Waals surface area contributed by atoms with E-state index in [1.807, 2.05) is 6.07 Å². The van der Waals surface area contributed by atoms with Gasteiger partial charge in [0.25, 0.3) is 5.56 Å². The maximum atomic E-state index is 13.3. The first-order chi connectivity index (χ1) is 15.4. The largest absolute Gasteiger partial charge is 0.356 e. The van der Waals surface area contributed by atoms with Crippen molar-refractivity contribution in [1.29, 1.82) is 0 Å². The van der Waals surface area contributed by atoms with Crippen molar-refractivity contribution < 1.29 is 9.18 Å². The number of hydrogen-bond donors (Lipinski definition) is 1. The Labute approximate surface area is 183 Å². The topological polar surface area (TPSA) is 93.0 Å². The van der Waals surface area contributed by atoms with Crippen molar-refractivity contribution in [2.24, 2.45) is 0 Å². The smallest absolute Gasteiger partial charge is 0.295 e. The number of amides is 1. The molecule has 3 heterocycles. The summed E-state index contributed by atoms with van der Waals surface area (Å²) in [6, 6.07) is 13.1. The van der Waals surface area contributed by atoms with E-state index in [2.05, 4.69) is 20.3 Å². The molecule has 0 atom stereocenters. The standard InChI is InChI=1S/C23H21FN6O2/c1-29(2)20(31)13-26-21-23(32)30(14-15-4-3-11-25-12-15)22-19(27-21)10-9-18(28-22)16-5-7-17(24)8-6-16/h3-12H,13-14H2,1-2H3,(H,26,27). The first-order valence-corrected chi connectivity index (χ1v) is 9.93. The lowest BCUT2D eigenvalue weighted by molar-refractivity contribution is -0.126. The van der Waals surface area contributed by atoms with Gasteiger partial charge < -0.3 is 10.2 Å². The lowest BCUT2D eigenvalue weighted by Gasteiger charge is -2.15. The van der Waals surface area contributed by atoms with Crippen LogP contribution in [-0.2, 0) is 11.3 Å². The molecule has 1 amide bonds. The number of likely N-dealkylation sites (N-methyl/N-ethyl adjacent to an activating group) is 1. The molecular formula is C23H21FN6O2. The summed E-state index contributed by atoms with van der Waals surface area (Å²) in [6.07, 6.45) is 3.33. The van der Waals surface area contributed by atoms with Gasteiger partial charge in [0.15, 0.2) is 11.5 Å². The van der Waals surface area contributed by atoms with Gasteiger partial charge in [0, 0.05) is 32.1 Å². The third-order valence-electron chi connectivity index (χ3n) is 4.90. The van der Waals surface area contributed by atoms with Crippen LogP contribution in [0.25, 0.3) is 22.4 Å². The van der Waals surface area contributed by atoms with E-state index in [1.165, 1.54) is 21.6 Å². The Bertz CT molecular complexity index is 1320. The van der Waals surface area contributed by atoms with E-state index < -0.39 is 5.56 Å². The molecule has 0 saturated carbocycles. The van der Waals surface area contributed by atoms with Crippen LogP contribution in [0.3, 0.4) is 0 Å². The van der Waals surface area contributed by atoms with Crippen LogP contribution in [-0.4, -0.2) is 51.0 Å². The molecule has 0 saturated heterocycles. The molecule has 1 aromatic carbocycles. The summed E-state index contributed by atoms with van der Waals surface area (Å²) in [6.45, 7) is 0.163. The van der Waals surface area contributed by atoms with Crippen LogP contribution in [0, 0.1) is 5.82 Å². The van der Waals surface area contributed by atoms with Crippen LogP contribution in [0.5, 0.6) is 0 Å². The molecule has 4 rings (SSSR count). The van der Waals surface area contributed by atoms with Crippen molar-refractivity contribution in [1.82, 2.24) is 24.4 Å². The number of rotatable bonds is 6. The summed E-state index contributed by atoms with van der Waals surface area (Å²) in [4.78, 5) is 39.8. The van der Waals surface area contributed by atoms with Gasteiger partial charge in [-0.15, -0.1) is 0 Å². The average Bonchev–Trinajstić information content (AvgIpc) is 2.80. The highest BCUT2D eigenvalue weighted by atomic mass is 19.1. The molecule has 0 fully saturated rings. The van der Waals surface area contributed by atoms with E-state index in [1.54, 1.807) is 56.8 Å². The van der Waals surface area contributed by atoms with Crippen LogP contribution in [0.2, 0.25) is 0 Å². The molecule has 0 aliphatic carbocycles. The molecule has 32 heavy (non-hydrogen) atoms. The number of pyridine rings is 2. The molecule has 0 aliphatic heterocycles. The van der Waals surface area contributed by atoms with Gasteiger partial charge in [-0.05, 0) is 48.0 Å². The number of aromatic nitrogens is 4. The number of halogens is 1. The molecule has 0 unspecified atom stereocenters. The minimum atomic E-state index is -0.406. The van der Waals surface area contributed by atoms with E-state index in [-0.39, 0.29) is 30.6 Å². The van der Waals surface area contributed by atoms with Crippen LogP contribution < -0.4 is 10.9 Å². The Morgan fingerprint density at radius 3 is 2.56 bits per heavy atom. The highest BCUT2D eigenvalue weighted by Crippen LogP contribution is 2.21. The lowest BCUT2D eigenvalue weighted by Crippen LogP contribution is -2.32. The predicted molar refractivity (Wildman–Crippen MR) is 120 cm³/mol. The Morgan fingerprint density at radius 1 is 1.09 bits per heavy atom. The summed E-state index contributed by atoms with van der Waals surface area (Å²) >= 11 is 0. The molecule has 0 aliphatic rings. The van der Waals surface area contributed by atoms with Gasteiger partial charge in [0.1, 0.15) is 11.3 Å². The van der Waals surface area contributed by atoms with Gasteiger partial charge in [-0.25, -0.2) is 14.4 Å². The maximum Gasteiger partial charge on any atom is 0.295 e. The van der Waals surface area contributed by atoms with Crippen molar-refractivity contribution >= 4 is 22.9 Å². The van der Waals surface area contributed by atoms with E-state index in [0.29, 0.717) is 22.4 Å². The number of fused-ring (bicyclic) bond motifs is 1. The predicted octanol–water partition coefficient (Wildman–Crippen LogP) is 2.54. The van der Waals surface area contributed by atoms with E-state index in [4.69, 9.17) is 0 Å². The van der Waals surface area contributed by atoms with Crippen molar-refractivity contribution in [3.63, 3.8) is 0 Å². The fraction of sp³-hybridized carbons (Fsp3) is 0.174. The molecule has 162 valence electrons. The molecule has 1 N–H and O–H groups in total. The number of hydrogen-bond acceptors (Lipinski definition) is 6. The number of carbonyl (C=O) groups is 1. The van der Waals surface area contributed by atoms with Crippen LogP contribution in [0.1, 0.15) is 5.56 Å².